The molecule has 3 rings (SSSR count). The van der Waals surface area contributed by atoms with Gasteiger partial charge in [0.2, 0.25) is 0 Å². The van der Waals surface area contributed by atoms with Crippen LogP contribution in [0.1, 0.15) is 26.5 Å². The largest absolute Gasteiger partial charge is 0.465 e. The zero-order valence-corrected chi connectivity index (χ0v) is 11.4. The van der Waals surface area contributed by atoms with E-state index >= 15 is 0 Å². The number of aromatic nitrogens is 2. The number of methoxy groups -OCH3 is 1. The van der Waals surface area contributed by atoms with Crippen LogP contribution in [0.4, 0.5) is 0 Å². The monoisotopic (exact) mass is 274 g/mol. The molecular formula is C14H14N2O2S. The highest BCUT2D eigenvalue weighted by molar-refractivity contribution is 7.15. The topological polar surface area (TPSA) is 44.1 Å². The molecule has 0 amide bonds. The Balaban J connectivity index is 1.84. The standard InChI is InChI=1S/C14H14N2O2S/c1-18-14(17)13-7-11-3-2-10(6-12(11)19-13)8-16-5-4-15-9-16/h4-7,9H,2-3,8H2,1H3. The number of carbonyl (C=O) groups is 1. The number of aryl methyl sites for hydroxylation is 1. The van der Waals surface area contributed by atoms with E-state index in [1.54, 1.807) is 6.20 Å². The van der Waals surface area contributed by atoms with Crippen LogP contribution >= 0.6 is 11.3 Å². The molecule has 19 heavy (non-hydrogen) atoms. The molecule has 0 saturated carbocycles. The number of fused-ring (bicyclic) bond motifs is 1. The van der Waals surface area contributed by atoms with Gasteiger partial charge < -0.3 is 9.30 Å². The molecule has 0 aliphatic heterocycles. The van der Waals surface area contributed by atoms with Crippen molar-refractivity contribution >= 4 is 23.4 Å². The van der Waals surface area contributed by atoms with Crippen LogP contribution in [0.3, 0.4) is 0 Å². The van der Waals surface area contributed by atoms with Crippen LogP contribution in [-0.2, 0) is 17.7 Å². The molecule has 0 unspecified atom stereocenters. The highest BCUT2D eigenvalue weighted by Crippen LogP contribution is 2.32. The van der Waals surface area contributed by atoms with Crippen LogP contribution < -0.4 is 0 Å². The summed E-state index contributed by atoms with van der Waals surface area (Å²) in [6.45, 7) is 0.866. The summed E-state index contributed by atoms with van der Waals surface area (Å²) in [5.74, 6) is -0.246. The van der Waals surface area contributed by atoms with E-state index in [2.05, 4.69) is 15.6 Å². The van der Waals surface area contributed by atoms with Crippen molar-refractivity contribution in [3.63, 3.8) is 0 Å². The first-order chi connectivity index (χ1) is 9.26. The van der Waals surface area contributed by atoms with Gasteiger partial charge >= 0.3 is 5.97 Å². The lowest BCUT2D eigenvalue weighted by Gasteiger charge is -2.13. The number of hydrogen-bond acceptors (Lipinski definition) is 4. The Labute approximate surface area is 115 Å². The lowest BCUT2D eigenvalue weighted by atomic mass is 9.98. The van der Waals surface area contributed by atoms with Crippen molar-refractivity contribution in [2.75, 3.05) is 7.11 Å². The molecule has 2 aromatic rings. The highest BCUT2D eigenvalue weighted by atomic mass is 32.1. The van der Waals surface area contributed by atoms with E-state index in [4.69, 9.17) is 4.74 Å². The van der Waals surface area contributed by atoms with Gasteiger partial charge in [0.25, 0.3) is 0 Å². The van der Waals surface area contributed by atoms with E-state index in [1.165, 1.54) is 34.5 Å². The van der Waals surface area contributed by atoms with Crippen molar-refractivity contribution in [2.45, 2.75) is 19.4 Å². The Morgan fingerprint density at radius 2 is 2.42 bits per heavy atom. The first-order valence-corrected chi connectivity index (χ1v) is 6.94. The molecule has 98 valence electrons. The fourth-order valence-electron chi connectivity index (χ4n) is 2.25. The molecule has 1 aliphatic rings. The highest BCUT2D eigenvalue weighted by Gasteiger charge is 2.17. The third kappa shape index (κ3) is 2.46. The quantitative estimate of drug-likeness (QED) is 0.808. The summed E-state index contributed by atoms with van der Waals surface area (Å²) in [6.07, 6.45) is 9.78. The number of ether oxygens (including phenoxy) is 1. The number of imidazole rings is 1. The molecule has 2 heterocycles. The zero-order chi connectivity index (χ0) is 13.2. The summed E-state index contributed by atoms with van der Waals surface area (Å²) < 4.78 is 6.83. The van der Waals surface area contributed by atoms with Crippen molar-refractivity contribution in [3.8, 4) is 0 Å². The first kappa shape index (κ1) is 12.2. The number of thiophene rings is 1. The molecule has 0 aromatic carbocycles. The summed E-state index contributed by atoms with van der Waals surface area (Å²) in [7, 11) is 1.42. The van der Waals surface area contributed by atoms with Gasteiger partial charge in [0.15, 0.2) is 0 Å². The van der Waals surface area contributed by atoms with Crippen molar-refractivity contribution < 1.29 is 9.53 Å². The molecule has 5 heteroatoms. The smallest absolute Gasteiger partial charge is 0.348 e. The average molecular weight is 274 g/mol. The first-order valence-electron chi connectivity index (χ1n) is 6.12. The van der Waals surface area contributed by atoms with E-state index in [9.17, 15) is 4.79 Å². The third-order valence-electron chi connectivity index (χ3n) is 3.22. The summed E-state index contributed by atoms with van der Waals surface area (Å²) in [4.78, 5) is 17.4. The minimum absolute atomic E-state index is 0.246. The predicted octanol–water partition coefficient (Wildman–Crippen LogP) is 2.76. The molecule has 0 bridgehead atoms. The summed E-state index contributed by atoms with van der Waals surface area (Å²) in [6, 6.07) is 1.95. The molecular weight excluding hydrogens is 260 g/mol. The zero-order valence-electron chi connectivity index (χ0n) is 10.6. The third-order valence-corrected chi connectivity index (χ3v) is 4.33. The number of rotatable bonds is 3. The Morgan fingerprint density at radius 1 is 1.53 bits per heavy atom. The van der Waals surface area contributed by atoms with Crippen LogP contribution in [0.15, 0.2) is 30.4 Å². The Kier molecular flexibility index (Phi) is 3.21. The van der Waals surface area contributed by atoms with E-state index in [0.717, 1.165) is 19.4 Å². The van der Waals surface area contributed by atoms with Crippen molar-refractivity contribution in [3.05, 3.63) is 45.7 Å². The SMILES string of the molecule is COC(=O)c1cc2c(s1)C=C(Cn1ccnc1)CC2. The van der Waals surface area contributed by atoms with E-state index in [0.29, 0.717) is 4.88 Å². The number of carbonyl (C=O) groups excluding carboxylic acids is 1. The van der Waals surface area contributed by atoms with Crippen LogP contribution in [0.25, 0.3) is 6.08 Å². The van der Waals surface area contributed by atoms with Gasteiger partial charge in [0.1, 0.15) is 4.88 Å². The number of allylic oxidation sites excluding steroid dienone is 1. The Hall–Kier alpha value is -1.88. The second-order valence-electron chi connectivity index (χ2n) is 4.53. The predicted molar refractivity (Wildman–Crippen MR) is 74.2 cm³/mol. The van der Waals surface area contributed by atoms with E-state index in [-0.39, 0.29) is 5.97 Å². The van der Waals surface area contributed by atoms with Gasteiger partial charge in [-0.15, -0.1) is 11.3 Å². The van der Waals surface area contributed by atoms with Gasteiger partial charge in [-0.3, -0.25) is 0 Å². The Morgan fingerprint density at radius 3 is 3.16 bits per heavy atom. The lowest BCUT2D eigenvalue weighted by molar-refractivity contribution is 0.0606. The molecule has 0 atom stereocenters. The second kappa shape index (κ2) is 5.01. The molecule has 2 aromatic heterocycles. The van der Waals surface area contributed by atoms with Crippen LogP contribution in [0, 0.1) is 0 Å². The van der Waals surface area contributed by atoms with Gasteiger partial charge in [0, 0.05) is 23.8 Å². The van der Waals surface area contributed by atoms with Gasteiger partial charge in [0.05, 0.1) is 13.4 Å². The maximum Gasteiger partial charge on any atom is 0.348 e. The minimum Gasteiger partial charge on any atom is -0.465 e. The number of nitrogens with zero attached hydrogens (tertiary/aromatic N) is 2. The van der Waals surface area contributed by atoms with Gasteiger partial charge in [-0.1, -0.05) is 0 Å². The molecule has 4 nitrogen and oxygen atoms in total. The van der Waals surface area contributed by atoms with Gasteiger partial charge in [-0.2, -0.15) is 0 Å². The maximum atomic E-state index is 11.5. The lowest BCUT2D eigenvalue weighted by Crippen LogP contribution is -2.03. The maximum absolute atomic E-state index is 11.5. The van der Waals surface area contributed by atoms with Gasteiger partial charge in [-0.05, 0) is 36.1 Å². The Bertz CT molecular complexity index is 626. The molecule has 0 fully saturated rings. The van der Waals surface area contributed by atoms with Crippen molar-refractivity contribution in [2.24, 2.45) is 0 Å². The second-order valence-corrected chi connectivity index (χ2v) is 5.61. The summed E-state index contributed by atoms with van der Waals surface area (Å²) in [5.41, 5.74) is 2.61. The fourth-order valence-corrected chi connectivity index (χ4v) is 3.38. The molecule has 0 saturated heterocycles. The van der Waals surface area contributed by atoms with Gasteiger partial charge in [-0.25, -0.2) is 9.78 Å². The molecule has 0 radical (unpaired) electrons. The molecule has 0 spiro atoms. The minimum atomic E-state index is -0.246. The number of esters is 1. The van der Waals surface area contributed by atoms with Crippen LogP contribution in [-0.4, -0.2) is 22.6 Å². The fraction of sp³-hybridized carbons (Fsp3) is 0.286. The number of hydrogen-bond donors (Lipinski definition) is 0. The van der Waals surface area contributed by atoms with Crippen molar-refractivity contribution in [1.29, 1.82) is 0 Å². The normalized spacial score (nSPS) is 13.8. The summed E-state index contributed by atoms with van der Waals surface area (Å²) >= 11 is 1.51. The van der Waals surface area contributed by atoms with Crippen LogP contribution in [0.2, 0.25) is 0 Å². The molecule has 1 aliphatic carbocycles. The van der Waals surface area contributed by atoms with Crippen molar-refractivity contribution in [1.82, 2.24) is 9.55 Å². The summed E-state index contributed by atoms with van der Waals surface area (Å²) in [5, 5.41) is 0. The van der Waals surface area contributed by atoms with E-state index in [1.807, 2.05) is 18.6 Å². The van der Waals surface area contributed by atoms with E-state index < -0.39 is 0 Å². The average Bonchev–Trinajstić information content (AvgIpc) is 3.06. The molecule has 0 N–H and O–H groups in total. The van der Waals surface area contributed by atoms with Crippen LogP contribution in [0.5, 0.6) is 0 Å².